The Bertz CT molecular complexity index is 606. The zero-order chi connectivity index (χ0) is 18.2. The van der Waals surface area contributed by atoms with Crippen LogP contribution in [0.2, 0.25) is 0 Å². The van der Waals surface area contributed by atoms with Gasteiger partial charge in [0.25, 0.3) is 0 Å². The lowest BCUT2D eigenvalue weighted by atomic mass is 10.0. The van der Waals surface area contributed by atoms with Gasteiger partial charge in [0.1, 0.15) is 17.6 Å². The van der Waals surface area contributed by atoms with Gasteiger partial charge < -0.3 is 14.6 Å². The van der Waals surface area contributed by atoms with Gasteiger partial charge in [-0.15, -0.1) is 0 Å². The molecule has 4 heteroatoms. The summed E-state index contributed by atoms with van der Waals surface area (Å²) in [4.78, 5) is 11.6. The summed E-state index contributed by atoms with van der Waals surface area (Å²) in [6.07, 6.45) is 10.8. The summed E-state index contributed by atoms with van der Waals surface area (Å²) in [6, 6.07) is 3.42. The molecule has 1 fully saturated rings. The van der Waals surface area contributed by atoms with E-state index in [4.69, 9.17) is 9.47 Å². The molecule has 1 aromatic carbocycles. The van der Waals surface area contributed by atoms with E-state index < -0.39 is 0 Å². The van der Waals surface area contributed by atoms with E-state index in [-0.39, 0.29) is 17.6 Å². The van der Waals surface area contributed by atoms with Crippen molar-refractivity contribution < 1.29 is 19.4 Å². The predicted octanol–water partition coefficient (Wildman–Crippen LogP) is 4.83. The number of rotatable bonds is 11. The average Bonchev–Trinajstić information content (AvgIpc) is 3.33. The van der Waals surface area contributed by atoms with E-state index >= 15 is 0 Å². The van der Waals surface area contributed by atoms with Crippen LogP contribution in [0, 0.1) is 0 Å². The molecule has 2 rings (SSSR count). The molecule has 1 saturated heterocycles. The number of hydrogen-bond donors (Lipinski definition) is 1. The molecule has 1 N–H and O–H groups in total. The van der Waals surface area contributed by atoms with E-state index in [1.165, 1.54) is 19.8 Å². The smallest absolute Gasteiger partial charge is 0.163 e. The molecular weight excluding hydrogens is 316 g/mol. The van der Waals surface area contributed by atoms with Crippen LogP contribution < -0.4 is 4.74 Å². The van der Waals surface area contributed by atoms with Gasteiger partial charge in [-0.1, -0.05) is 45.3 Å². The second kappa shape index (κ2) is 9.62. The first-order chi connectivity index (χ1) is 12.1. The summed E-state index contributed by atoms with van der Waals surface area (Å²) in [7, 11) is 0. The fourth-order valence-corrected chi connectivity index (χ4v) is 2.96. The highest BCUT2D eigenvalue weighted by molar-refractivity contribution is 5.97. The fraction of sp³-hybridized carbons (Fsp3) is 0.571. The molecule has 1 aromatic rings. The molecule has 2 atom stereocenters. The van der Waals surface area contributed by atoms with Gasteiger partial charge in [-0.3, -0.25) is 4.79 Å². The number of phenolic OH excluding ortho intramolecular Hbond substituents is 1. The highest BCUT2D eigenvalue weighted by Crippen LogP contribution is 2.33. The first kappa shape index (κ1) is 19.5. The minimum atomic E-state index is -0.133. The zero-order valence-electron chi connectivity index (χ0n) is 15.6. The maximum Gasteiger partial charge on any atom is 0.163 e. The number of aromatic hydroxyl groups is 1. The molecule has 4 nitrogen and oxygen atoms in total. The van der Waals surface area contributed by atoms with E-state index in [9.17, 15) is 9.90 Å². The van der Waals surface area contributed by atoms with Gasteiger partial charge in [-0.05, 0) is 38.3 Å². The van der Waals surface area contributed by atoms with Gasteiger partial charge in [0.05, 0.1) is 18.3 Å². The molecule has 0 spiro atoms. The lowest BCUT2D eigenvalue weighted by molar-refractivity contribution is 0.101. The summed E-state index contributed by atoms with van der Waals surface area (Å²) < 4.78 is 11.4. The Labute approximate surface area is 150 Å². The number of ether oxygens (including phenoxy) is 2. The van der Waals surface area contributed by atoms with Crippen LogP contribution in [-0.2, 0) is 11.2 Å². The Morgan fingerprint density at radius 2 is 2.12 bits per heavy atom. The Hall–Kier alpha value is -1.81. The summed E-state index contributed by atoms with van der Waals surface area (Å²) >= 11 is 0. The number of carbonyl (C=O) groups is 1. The Morgan fingerprint density at radius 1 is 1.32 bits per heavy atom. The quantitative estimate of drug-likeness (QED) is 0.270. The van der Waals surface area contributed by atoms with Crippen molar-refractivity contribution in [3.8, 4) is 11.5 Å². The maximum absolute atomic E-state index is 11.6. The van der Waals surface area contributed by atoms with E-state index in [0.717, 1.165) is 24.8 Å². The summed E-state index contributed by atoms with van der Waals surface area (Å²) in [6.45, 7) is 6.23. The average molecular weight is 346 g/mol. The monoisotopic (exact) mass is 346 g/mol. The number of phenols is 1. The van der Waals surface area contributed by atoms with Crippen molar-refractivity contribution in [3.05, 3.63) is 35.4 Å². The summed E-state index contributed by atoms with van der Waals surface area (Å²) in [5.74, 6) is 0.597. The van der Waals surface area contributed by atoms with E-state index in [1.54, 1.807) is 12.1 Å². The topological polar surface area (TPSA) is 59.1 Å². The molecule has 0 aliphatic carbocycles. The van der Waals surface area contributed by atoms with Gasteiger partial charge >= 0.3 is 0 Å². The SMILES string of the molecule is CCCC[C@@H]1O[C@H]1C=CCCOc1ccc(C(C)=O)c(O)c1CCC. The molecule has 0 saturated carbocycles. The zero-order valence-corrected chi connectivity index (χ0v) is 15.6. The molecule has 1 aliphatic rings. The molecule has 0 aromatic heterocycles. The predicted molar refractivity (Wildman–Crippen MR) is 99.5 cm³/mol. The van der Waals surface area contributed by atoms with Crippen molar-refractivity contribution in [1.82, 2.24) is 0 Å². The minimum Gasteiger partial charge on any atom is -0.507 e. The second-order valence-electron chi connectivity index (χ2n) is 6.59. The third-order valence-electron chi connectivity index (χ3n) is 4.45. The molecule has 138 valence electrons. The van der Waals surface area contributed by atoms with Crippen LogP contribution >= 0.6 is 0 Å². The normalized spacial score (nSPS) is 19.3. The van der Waals surface area contributed by atoms with Crippen LogP contribution in [0.3, 0.4) is 0 Å². The summed E-state index contributed by atoms with van der Waals surface area (Å²) in [5, 5.41) is 10.3. The van der Waals surface area contributed by atoms with Crippen LogP contribution in [0.4, 0.5) is 0 Å². The molecular formula is C21H30O4. The summed E-state index contributed by atoms with van der Waals surface area (Å²) in [5.41, 5.74) is 1.09. The maximum atomic E-state index is 11.6. The van der Waals surface area contributed by atoms with Crippen LogP contribution in [0.1, 0.15) is 68.8 Å². The van der Waals surface area contributed by atoms with E-state index in [1.807, 2.05) is 6.92 Å². The van der Waals surface area contributed by atoms with Crippen LogP contribution in [0.5, 0.6) is 11.5 Å². The molecule has 1 heterocycles. The molecule has 0 bridgehead atoms. The number of Topliss-reactive ketones (excluding diaryl/α,β-unsaturated/α-hetero) is 1. The lowest BCUT2D eigenvalue weighted by Crippen LogP contribution is -2.03. The van der Waals surface area contributed by atoms with Crippen molar-refractivity contribution in [3.63, 3.8) is 0 Å². The number of epoxide rings is 1. The van der Waals surface area contributed by atoms with Crippen LogP contribution in [0.15, 0.2) is 24.3 Å². The molecule has 25 heavy (non-hydrogen) atoms. The Morgan fingerprint density at radius 3 is 2.80 bits per heavy atom. The Balaban J connectivity index is 1.84. The van der Waals surface area contributed by atoms with Gasteiger partial charge in [-0.25, -0.2) is 0 Å². The number of ketones is 1. The fourth-order valence-electron chi connectivity index (χ4n) is 2.96. The molecule has 1 aliphatic heterocycles. The highest BCUT2D eigenvalue weighted by atomic mass is 16.6. The standard InChI is InChI=1S/C21H30O4/c1-4-6-10-19-20(25-19)11-7-8-14-24-18-13-12-16(15(3)22)21(23)17(18)9-5-2/h7,11-13,19-20,23H,4-6,8-10,14H2,1-3H3/t19-,20-/m0/s1. The van der Waals surface area contributed by atoms with Crippen molar-refractivity contribution in [2.75, 3.05) is 6.61 Å². The third-order valence-corrected chi connectivity index (χ3v) is 4.45. The largest absolute Gasteiger partial charge is 0.507 e. The molecule has 0 unspecified atom stereocenters. The van der Waals surface area contributed by atoms with Gasteiger partial charge in [-0.2, -0.15) is 0 Å². The number of carbonyl (C=O) groups excluding carboxylic acids is 1. The Kier molecular flexibility index (Phi) is 7.51. The third kappa shape index (κ3) is 5.60. The van der Waals surface area contributed by atoms with E-state index in [2.05, 4.69) is 19.1 Å². The minimum absolute atomic E-state index is 0.0625. The van der Waals surface area contributed by atoms with Gasteiger partial charge in [0.15, 0.2) is 5.78 Å². The van der Waals surface area contributed by atoms with Crippen molar-refractivity contribution in [1.29, 1.82) is 0 Å². The lowest BCUT2D eigenvalue weighted by Gasteiger charge is -2.14. The first-order valence-electron chi connectivity index (χ1n) is 9.39. The second-order valence-corrected chi connectivity index (χ2v) is 6.59. The van der Waals surface area contributed by atoms with E-state index in [0.29, 0.717) is 30.4 Å². The van der Waals surface area contributed by atoms with Crippen LogP contribution in [-0.4, -0.2) is 29.7 Å². The van der Waals surface area contributed by atoms with Crippen molar-refractivity contribution >= 4 is 5.78 Å². The van der Waals surface area contributed by atoms with Gasteiger partial charge in [0, 0.05) is 5.56 Å². The van der Waals surface area contributed by atoms with Gasteiger partial charge in [0.2, 0.25) is 0 Å². The van der Waals surface area contributed by atoms with Crippen molar-refractivity contribution in [2.45, 2.75) is 71.5 Å². The first-order valence-corrected chi connectivity index (χ1v) is 9.39. The molecule has 0 amide bonds. The van der Waals surface area contributed by atoms with Crippen LogP contribution in [0.25, 0.3) is 0 Å². The number of unbranched alkanes of at least 4 members (excludes halogenated alkanes) is 1. The number of benzene rings is 1. The number of hydrogen-bond acceptors (Lipinski definition) is 4. The van der Waals surface area contributed by atoms with Crippen molar-refractivity contribution in [2.24, 2.45) is 0 Å². The molecule has 0 radical (unpaired) electrons. The highest BCUT2D eigenvalue weighted by Gasteiger charge is 2.35.